The van der Waals surface area contributed by atoms with Crippen molar-refractivity contribution in [2.45, 2.75) is 6.92 Å². The second kappa shape index (κ2) is 7.94. The molecular formula is C24H20N4O. The van der Waals surface area contributed by atoms with Crippen LogP contribution in [0.5, 0.6) is 0 Å². The van der Waals surface area contributed by atoms with Gasteiger partial charge >= 0.3 is 0 Å². The van der Waals surface area contributed by atoms with Crippen LogP contribution in [0.2, 0.25) is 0 Å². The lowest BCUT2D eigenvalue weighted by Gasteiger charge is -2.24. The molecule has 2 aromatic carbocycles. The van der Waals surface area contributed by atoms with Crippen LogP contribution in [0.3, 0.4) is 0 Å². The highest BCUT2D eigenvalue weighted by molar-refractivity contribution is 6.13. The van der Waals surface area contributed by atoms with Gasteiger partial charge in [0.2, 0.25) is 0 Å². The molecule has 142 valence electrons. The molecule has 0 bridgehead atoms. The molecule has 5 nitrogen and oxygen atoms in total. The summed E-state index contributed by atoms with van der Waals surface area (Å²) in [5.41, 5.74) is 11.1. The van der Waals surface area contributed by atoms with Gasteiger partial charge in [-0.3, -0.25) is 14.7 Å². The SMILES string of the molecule is Cc1ccc(-c2cccc(N(C(=O)c3cccnc3N)c3ccncc3)c2)cc1. The third kappa shape index (κ3) is 3.84. The lowest BCUT2D eigenvalue weighted by Crippen LogP contribution is -2.27. The number of nitrogens with zero attached hydrogens (tertiary/aromatic N) is 3. The van der Waals surface area contributed by atoms with E-state index in [2.05, 4.69) is 41.2 Å². The Morgan fingerprint density at radius 2 is 1.59 bits per heavy atom. The standard InChI is InChI=1S/C24H20N4O/c1-17-7-9-18(10-8-17)19-4-2-5-21(16-19)28(20-11-14-26-15-12-20)24(29)22-6-3-13-27-23(22)25/h2-16H,1H3,(H2,25,27). The Morgan fingerprint density at radius 1 is 0.828 bits per heavy atom. The molecule has 0 saturated heterocycles. The highest BCUT2D eigenvalue weighted by Gasteiger charge is 2.22. The van der Waals surface area contributed by atoms with Crippen LogP contribution < -0.4 is 10.6 Å². The van der Waals surface area contributed by atoms with E-state index in [-0.39, 0.29) is 11.7 Å². The third-order valence-electron chi connectivity index (χ3n) is 4.68. The van der Waals surface area contributed by atoms with Crippen molar-refractivity contribution in [3.8, 4) is 11.1 Å². The van der Waals surface area contributed by atoms with E-state index in [0.29, 0.717) is 11.3 Å². The van der Waals surface area contributed by atoms with E-state index in [1.165, 1.54) is 5.56 Å². The first kappa shape index (κ1) is 18.4. The predicted molar refractivity (Wildman–Crippen MR) is 116 cm³/mol. The highest BCUT2D eigenvalue weighted by atomic mass is 16.2. The number of nitrogen functional groups attached to an aromatic ring is 1. The summed E-state index contributed by atoms with van der Waals surface area (Å²) in [5.74, 6) is -0.0471. The summed E-state index contributed by atoms with van der Waals surface area (Å²) >= 11 is 0. The molecule has 0 saturated carbocycles. The maximum absolute atomic E-state index is 13.4. The van der Waals surface area contributed by atoms with Gasteiger partial charge in [0.05, 0.1) is 11.3 Å². The minimum Gasteiger partial charge on any atom is -0.383 e. The molecule has 4 aromatic rings. The zero-order chi connectivity index (χ0) is 20.2. The Balaban J connectivity index is 1.82. The summed E-state index contributed by atoms with van der Waals surface area (Å²) in [6.07, 6.45) is 4.89. The monoisotopic (exact) mass is 380 g/mol. The number of hydrogen-bond donors (Lipinski definition) is 1. The summed E-state index contributed by atoms with van der Waals surface area (Å²) in [4.78, 5) is 23.2. The fraction of sp³-hybridized carbons (Fsp3) is 0.0417. The molecule has 0 spiro atoms. The Labute approximate surface area is 169 Å². The van der Waals surface area contributed by atoms with Gasteiger partial charge in [-0.1, -0.05) is 42.0 Å². The molecule has 0 aliphatic rings. The van der Waals surface area contributed by atoms with Gasteiger partial charge in [-0.2, -0.15) is 0 Å². The first-order chi connectivity index (χ1) is 14.1. The Bertz CT molecular complexity index is 1140. The number of carbonyl (C=O) groups excluding carboxylic acids is 1. The van der Waals surface area contributed by atoms with Crippen LogP contribution in [0.1, 0.15) is 15.9 Å². The molecule has 2 heterocycles. The van der Waals surface area contributed by atoms with Crippen LogP contribution in [-0.2, 0) is 0 Å². The van der Waals surface area contributed by atoms with Crippen molar-refractivity contribution in [1.29, 1.82) is 0 Å². The van der Waals surface area contributed by atoms with Crippen LogP contribution in [-0.4, -0.2) is 15.9 Å². The van der Waals surface area contributed by atoms with Crippen molar-refractivity contribution in [3.05, 3.63) is 103 Å². The highest BCUT2D eigenvalue weighted by Crippen LogP contribution is 2.31. The van der Waals surface area contributed by atoms with E-state index >= 15 is 0 Å². The fourth-order valence-corrected chi connectivity index (χ4v) is 3.17. The number of pyridine rings is 2. The second-order valence-corrected chi connectivity index (χ2v) is 6.70. The molecule has 0 unspecified atom stereocenters. The normalized spacial score (nSPS) is 10.5. The first-order valence-electron chi connectivity index (χ1n) is 9.25. The van der Waals surface area contributed by atoms with Crippen molar-refractivity contribution < 1.29 is 4.79 Å². The average molecular weight is 380 g/mol. The topological polar surface area (TPSA) is 72.1 Å². The molecule has 29 heavy (non-hydrogen) atoms. The van der Waals surface area contributed by atoms with E-state index in [9.17, 15) is 4.79 Å². The van der Waals surface area contributed by atoms with Crippen LogP contribution in [0.4, 0.5) is 17.2 Å². The van der Waals surface area contributed by atoms with Gasteiger partial charge in [0, 0.05) is 24.3 Å². The molecule has 2 aromatic heterocycles. The number of aryl methyl sites for hydroxylation is 1. The maximum Gasteiger partial charge on any atom is 0.266 e. The van der Waals surface area contributed by atoms with Crippen LogP contribution in [0.15, 0.2) is 91.4 Å². The summed E-state index contributed by atoms with van der Waals surface area (Å²) in [5, 5.41) is 0. The minimum atomic E-state index is -0.247. The average Bonchev–Trinajstić information content (AvgIpc) is 2.76. The van der Waals surface area contributed by atoms with Crippen molar-refractivity contribution >= 4 is 23.1 Å². The quantitative estimate of drug-likeness (QED) is 0.540. The molecule has 0 aliphatic carbocycles. The molecule has 0 atom stereocenters. The van der Waals surface area contributed by atoms with Crippen LogP contribution in [0, 0.1) is 6.92 Å². The Hall–Kier alpha value is -3.99. The lowest BCUT2D eigenvalue weighted by atomic mass is 10.0. The van der Waals surface area contributed by atoms with Gasteiger partial charge in [-0.05, 0) is 54.4 Å². The number of anilines is 3. The van der Waals surface area contributed by atoms with Gasteiger partial charge in [-0.25, -0.2) is 4.98 Å². The number of nitrogens with two attached hydrogens (primary N) is 1. The summed E-state index contributed by atoms with van der Waals surface area (Å²) < 4.78 is 0. The number of aromatic nitrogens is 2. The number of amides is 1. The van der Waals surface area contributed by atoms with Gasteiger partial charge < -0.3 is 5.73 Å². The van der Waals surface area contributed by atoms with E-state index in [4.69, 9.17) is 5.73 Å². The number of benzene rings is 2. The number of hydrogen-bond acceptors (Lipinski definition) is 4. The first-order valence-corrected chi connectivity index (χ1v) is 9.25. The molecule has 4 rings (SSSR count). The summed E-state index contributed by atoms with van der Waals surface area (Å²) in [7, 11) is 0. The molecule has 1 amide bonds. The molecule has 0 radical (unpaired) electrons. The van der Waals surface area contributed by atoms with Crippen molar-refractivity contribution in [2.75, 3.05) is 10.6 Å². The van der Waals surface area contributed by atoms with Crippen molar-refractivity contribution in [3.63, 3.8) is 0 Å². The summed E-state index contributed by atoms with van der Waals surface area (Å²) in [6.45, 7) is 2.06. The smallest absolute Gasteiger partial charge is 0.266 e. The zero-order valence-corrected chi connectivity index (χ0v) is 16.0. The molecule has 5 heteroatoms. The van der Waals surface area contributed by atoms with Crippen LogP contribution >= 0.6 is 0 Å². The van der Waals surface area contributed by atoms with E-state index < -0.39 is 0 Å². The summed E-state index contributed by atoms with van der Waals surface area (Å²) in [6, 6.07) is 23.1. The van der Waals surface area contributed by atoms with Gasteiger partial charge in [0.1, 0.15) is 5.82 Å². The van der Waals surface area contributed by atoms with E-state index in [1.54, 1.807) is 47.8 Å². The molecule has 0 aliphatic heterocycles. The van der Waals surface area contributed by atoms with Gasteiger partial charge in [0.25, 0.3) is 5.91 Å². The predicted octanol–water partition coefficient (Wildman–Crippen LogP) is 5.01. The zero-order valence-electron chi connectivity index (χ0n) is 16.0. The van der Waals surface area contributed by atoms with Gasteiger partial charge in [-0.15, -0.1) is 0 Å². The Morgan fingerprint density at radius 3 is 2.31 bits per heavy atom. The third-order valence-corrected chi connectivity index (χ3v) is 4.68. The molecular weight excluding hydrogens is 360 g/mol. The molecule has 2 N–H and O–H groups in total. The fourth-order valence-electron chi connectivity index (χ4n) is 3.17. The van der Waals surface area contributed by atoms with Crippen molar-refractivity contribution in [1.82, 2.24) is 9.97 Å². The lowest BCUT2D eigenvalue weighted by molar-refractivity contribution is 0.1000. The largest absolute Gasteiger partial charge is 0.383 e. The van der Waals surface area contributed by atoms with Gasteiger partial charge in [0.15, 0.2) is 0 Å². The minimum absolute atomic E-state index is 0.200. The van der Waals surface area contributed by atoms with Crippen LogP contribution in [0.25, 0.3) is 11.1 Å². The number of carbonyl (C=O) groups is 1. The van der Waals surface area contributed by atoms with Crippen molar-refractivity contribution in [2.24, 2.45) is 0 Å². The van der Waals surface area contributed by atoms with E-state index in [1.807, 2.05) is 24.3 Å². The number of rotatable bonds is 4. The molecule has 0 fully saturated rings. The van der Waals surface area contributed by atoms with E-state index in [0.717, 1.165) is 16.8 Å². The second-order valence-electron chi connectivity index (χ2n) is 6.70. The Kier molecular flexibility index (Phi) is 5.03. The maximum atomic E-state index is 13.4.